The number of hydrogen-bond acceptors (Lipinski definition) is 15. The van der Waals surface area contributed by atoms with Gasteiger partial charge in [0.2, 0.25) is 5.60 Å². The Kier molecular flexibility index (Phi) is 11.2. The number of fused-ring (bicyclic) bond motifs is 1. The number of aromatic nitrogens is 3. The van der Waals surface area contributed by atoms with E-state index < -0.39 is 62.2 Å². The summed E-state index contributed by atoms with van der Waals surface area (Å²) in [6.45, 7) is 4.10. The van der Waals surface area contributed by atoms with Crippen molar-refractivity contribution >= 4 is 37.0 Å². The molecule has 0 bridgehead atoms. The van der Waals surface area contributed by atoms with Crippen molar-refractivity contribution in [1.82, 2.24) is 19.7 Å². The highest BCUT2D eigenvalue weighted by Gasteiger charge is 2.62. The van der Waals surface area contributed by atoms with Crippen LogP contribution in [0.2, 0.25) is 0 Å². The Labute approximate surface area is 281 Å². The number of ether oxygens (including phenoxy) is 5. The van der Waals surface area contributed by atoms with E-state index in [0.29, 0.717) is 18.7 Å². The van der Waals surface area contributed by atoms with Crippen molar-refractivity contribution < 1.29 is 51.7 Å². The van der Waals surface area contributed by atoms with E-state index in [1.165, 1.54) is 29.9 Å². The fourth-order valence-electron chi connectivity index (χ4n) is 5.52. The summed E-state index contributed by atoms with van der Waals surface area (Å²) in [5, 5.41) is 17.4. The van der Waals surface area contributed by atoms with Gasteiger partial charge in [0.25, 0.3) is 0 Å². The van der Waals surface area contributed by atoms with Gasteiger partial charge in [0, 0.05) is 27.1 Å². The van der Waals surface area contributed by atoms with E-state index in [1.54, 1.807) is 30.3 Å². The first-order valence-electron chi connectivity index (χ1n) is 15.5. The van der Waals surface area contributed by atoms with Gasteiger partial charge in [-0.25, -0.2) is 14.1 Å². The number of nitrogens with two attached hydrogens (primary N) is 1. The summed E-state index contributed by atoms with van der Waals surface area (Å²) in [5.41, 5.74) is 4.43. The molecule has 3 N–H and O–H groups in total. The Hall–Kier alpha value is -4.59. The van der Waals surface area contributed by atoms with Gasteiger partial charge in [-0.15, -0.1) is 0 Å². The van der Waals surface area contributed by atoms with Crippen LogP contribution in [-0.4, -0.2) is 82.8 Å². The smallest absolute Gasteiger partial charge is 0.459 e. The highest BCUT2D eigenvalue weighted by molar-refractivity contribution is 7.52. The second kappa shape index (κ2) is 15.3. The van der Waals surface area contributed by atoms with Gasteiger partial charge in [0.05, 0.1) is 12.3 Å². The van der Waals surface area contributed by atoms with Crippen molar-refractivity contribution in [3.63, 3.8) is 0 Å². The average Bonchev–Trinajstić information content (AvgIpc) is 3.63. The zero-order valence-electron chi connectivity index (χ0n) is 27.1. The molecule has 2 aliphatic heterocycles. The van der Waals surface area contributed by atoms with Crippen molar-refractivity contribution in [1.29, 1.82) is 5.26 Å². The Balaban J connectivity index is 1.44. The second-order valence-corrected chi connectivity index (χ2v) is 13.3. The fourth-order valence-corrected chi connectivity index (χ4v) is 7.04. The molecule has 262 valence electrons. The van der Waals surface area contributed by atoms with Gasteiger partial charge in [-0.3, -0.25) is 18.9 Å². The molecule has 1 aromatic carbocycles. The van der Waals surface area contributed by atoms with E-state index >= 15 is 0 Å². The predicted molar refractivity (Wildman–Crippen MR) is 168 cm³/mol. The number of nitriles is 1. The number of nitrogens with one attached hydrogen (secondary N) is 1. The minimum atomic E-state index is -4.54. The lowest BCUT2D eigenvalue weighted by Crippen LogP contribution is -2.49. The monoisotopic (exact) mass is 700 g/mol. The minimum absolute atomic E-state index is 0.114. The maximum atomic E-state index is 14.4. The van der Waals surface area contributed by atoms with Gasteiger partial charge in [-0.05, 0) is 49.9 Å². The van der Waals surface area contributed by atoms with Gasteiger partial charge in [-0.1, -0.05) is 18.2 Å². The van der Waals surface area contributed by atoms with Crippen molar-refractivity contribution in [2.24, 2.45) is 5.92 Å². The maximum absolute atomic E-state index is 14.4. The number of hydrogen-bond donors (Lipinski definition) is 2. The molecule has 17 nitrogen and oxygen atoms in total. The molecule has 2 aliphatic rings. The van der Waals surface area contributed by atoms with E-state index in [-0.39, 0.29) is 29.8 Å². The number of carbonyl (C=O) groups is 3. The van der Waals surface area contributed by atoms with Crippen LogP contribution in [0.5, 0.6) is 5.75 Å². The van der Waals surface area contributed by atoms with Crippen molar-refractivity contribution in [3.05, 3.63) is 54.5 Å². The maximum Gasteiger partial charge on any atom is 0.459 e. The summed E-state index contributed by atoms with van der Waals surface area (Å²) in [6, 6.07) is 11.9. The van der Waals surface area contributed by atoms with E-state index in [2.05, 4.69) is 15.2 Å². The summed E-state index contributed by atoms with van der Waals surface area (Å²) in [5.74, 6) is -1.94. The number of carbonyl (C=O) groups excluding carboxylic acids is 3. The van der Waals surface area contributed by atoms with Gasteiger partial charge in [0.1, 0.15) is 42.4 Å². The lowest BCUT2D eigenvalue weighted by Gasteiger charge is -2.30. The SMILES string of the molecule is CC(=O)O[C@H]1[C@H](c2ccc3c(N)ncnn23)O[C@](C#N)(CO[P@](=O)(N[C@@H](C)C(=O)OCC2CCOCC2)Oc2ccccc2)[C@H]1OC(C)=O. The lowest BCUT2D eigenvalue weighted by molar-refractivity contribution is -0.166. The second-order valence-electron chi connectivity index (χ2n) is 11.6. The third-order valence-corrected chi connectivity index (χ3v) is 9.53. The highest BCUT2D eigenvalue weighted by Crippen LogP contribution is 2.50. The van der Waals surface area contributed by atoms with Crippen LogP contribution in [0.4, 0.5) is 5.82 Å². The van der Waals surface area contributed by atoms with E-state index in [4.69, 9.17) is 38.5 Å². The van der Waals surface area contributed by atoms with Gasteiger partial charge in [0.15, 0.2) is 18.0 Å². The minimum Gasteiger partial charge on any atom is -0.464 e. The number of esters is 3. The van der Waals surface area contributed by atoms with Crippen LogP contribution in [-0.2, 0) is 47.2 Å². The Morgan fingerprint density at radius 1 is 1.14 bits per heavy atom. The van der Waals surface area contributed by atoms with Gasteiger partial charge in [-0.2, -0.15) is 15.4 Å². The molecule has 0 spiro atoms. The molecule has 2 aromatic heterocycles. The van der Waals surface area contributed by atoms with Gasteiger partial charge < -0.3 is 33.9 Å². The van der Waals surface area contributed by atoms with Crippen molar-refractivity contribution in [3.8, 4) is 11.8 Å². The van der Waals surface area contributed by atoms with Crippen LogP contribution in [0.15, 0.2) is 48.8 Å². The third-order valence-electron chi connectivity index (χ3n) is 7.91. The molecule has 0 unspecified atom stereocenters. The van der Waals surface area contributed by atoms with Crippen LogP contribution >= 0.6 is 7.75 Å². The zero-order valence-corrected chi connectivity index (χ0v) is 27.9. The molecule has 6 atom stereocenters. The molecule has 49 heavy (non-hydrogen) atoms. The number of anilines is 1. The zero-order chi connectivity index (χ0) is 35.2. The Bertz CT molecular complexity index is 1740. The van der Waals surface area contributed by atoms with Crippen molar-refractivity contribution in [2.45, 2.75) is 63.6 Å². The molecular formula is C31H37N6O11P. The molecule has 2 saturated heterocycles. The number of para-hydroxylation sites is 1. The first-order chi connectivity index (χ1) is 23.4. The molecule has 5 rings (SSSR count). The lowest BCUT2D eigenvalue weighted by atomic mass is 9.95. The molecule has 0 amide bonds. The summed E-state index contributed by atoms with van der Waals surface area (Å²) in [7, 11) is -4.54. The summed E-state index contributed by atoms with van der Waals surface area (Å²) in [4.78, 5) is 41.6. The van der Waals surface area contributed by atoms with Gasteiger partial charge >= 0.3 is 25.7 Å². The number of nitrogen functional groups attached to an aromatic ring is 1. The average molecular weight is 701 g/mol. The van der Waals surface area contributed by atoms with Crippen LogP contribution in [0, 0.1) is 17.2 Å². The van der Waals surface area contributed by atoms with E-state index in [9.17, 15) is 24.2 Å². The Morgan fingerprint density at radius 2 is 1.86 bits per heavy atom. The first kappa shape index (κ1) is 35.7. The highest BCUT2D eigenvalue weighted by atomic mass is 31.2. The molecule has 2 fully saturated rings. The standard InChI is InChI=1S/C31H37N6O11P/c1-19(30(40)43-15-22-11-13-42-14-12-22)36-49(41,48-23-7-5-4-6-8-23)44-17-31(16-32)28(46-21(3)39)27(45-20(2)38)26(47-31)24-9-10-25-29(33)34-18-35-37(24)25/h4-10,18-19,22,26-28H,11-15,17H2,1-3H3,(H,36,41)(H2,33,34,35)/t19-,26-,27-,28-,31+,49+/m0/s1. The predicted octanol–water partition coefficient (Wildman–Crippen LogP) is 2.66. The quantitative estimate of drug-likeness (QED) is 0.148. The molecule has 3 aromatic rings. The fraction of sp³-hybridized carbons (Fsp3) is 0.484. The normalized spacial score (nSPS) is 24.3. The van der Waals surface area contributed by atoms with Crippen LogP contribution in [0.1, 0.15) is 45.4 Å². The molecule has 0 saturated carbocycles. The Morgan fingerprint density at radius 3 is 2.53 bits per heavy atom. The van der Waals surface area contributed by atoms with E-state index in [1.807, 2.05) is 6.07 Å². The summed E-state index contributed by atoms with van der Waals surface area (Å²) < 4.78 is 55.5. The largest absolute Gasteiger partial charge is 0.464 e. The number of nitrogens with zero attached hydrogens (tertiary/aromatic N) is 4. The number of rotatable bonds is 13. The summed E-state index contributed by atoms with van der Waals surface area (Å²) >= 11 is 0. The third kappa shape index (κ3) is 8.35. The number of benzene rings is 1. The van der Waals surface area contributed by atoms with E-state index in [0.717, 1.165) is 26.7 Å². The van der Waals surface area contributed by atoms with Crippen LogP contribution < -0.4 is 15.3 Å². The molecule has 0 radical (unpaired) electrons. The summed E-state index contributed by atoms with van der Waals surface area (Å²) in [6.07, 6.45) is -1.59. The van der Waals surface area contributed by atoms with Crippen LogP contribution in [0.25, 0.3) is 5.52 Å². The molecule has 18 heteroatoms. The first-order valence-corrected chi connectivity index (χ1v) is 17.0. The molecular weight excluding hydrogens is 663 g/mol. The topological polar surface area (TPSA) is 225 Å². The van der Waals surface area contributed by atoms with Crippen LogP contribution in [0.3, 0.4) is 0 Å². The van der Waals surface area contributed by atoms with Crippen molar-refractivity contribution in [2.75, 3.05) is 32.2 Å². The molecule has 0 aliphatic carbocycles. The molecule has 4 heterocycles.